The summed E-state index contributed by atoms with van der Waals surface area (Å²) in [5.74, 6) is 0.806. The maximum atomic E-state index is 9.85. The molecule has 2 rings (SSSR count). The van der Waals surface area contributed by atoms with Crippen molar-refractivity contribution in [3.8, 4) is 5.75 Å². The van der Waals surface area contributed by atoms with E-state index in [1.165, 1.54) is 0 Å². The first kappa shape index (κ1) is 12.9. The quantitative estimate of drug-likeness (QED) is 0.851. The van der Waals surface area contributed by atoms with Crippen LogP contribution >= 0.6 is 0 Å². The van der Waals surface area contributed by atoms with Crippen molar-refractivity contribution >= 4 is 10.9 Å². The molecule has 1 heterocycles. The molecule has 0 spiro atoms. The van der Waals surface area contributed by atoms with E-state index >= 15 is 0 Å². The topological polar surface area (TPSA) is 60.4 Å². The third-order valence-electron chi connectivity index (χ3n) is 3.17. The van der Waals surface area contributed by atoms with Crippen LogP contribution in [0.3, 0.4) is 0 Å². The first-order valence-corrected chi connectivity index (χ1v) is 6.22. The Kier molecular flexibility index (Phi) is 3.89. The number of ether oxygens (including phenoxy) is 1. The van der Waals surface area contributed by atoms with Crippen molar-refractivity contribution in [3.05, 3.63) is 30.0 Å². The third kappa shape index (κ3) is 2.35. The molecule has 0 saturated heterocycles. The van der Waals surface area contributed by atoms with Gasteiger partial charge in [-0.3, -0.25) is 0 Å². The molecule has 4 nitrogen and oxygen atoms in total. The Morgan fingerprint density at radius 1 is 1.44 bits per heavy atom. The fourth-order valence-corrected chi connectivity index (χ4v) is 2.21. The molecule has 0 amide bonds. The molecule has 4 heteroatoms. The summed E-state index contributed by atoms with van der Waals surface area (Å²) in [4.78, 5) is 0. The molecule has 18 heavy (non-hydrogen) atoms. The van der Waals surface area contributed by atoms with Gasteiger partial charge in [-0.05, 0) is 38.1 Å². The fourth-order valence-electron chi connectivity index (χ4n) is 2.21. The van der Waals surface area contributed by atoms with Crippen molar-refractivity contribution in [2.75, 3.05) is 13.7 Å². The van der Waals surface area contributed by atoms with Crippen molar-refractivity contribution in [3.63, 3.8) is 0 Å². The van der Waals surface area contributed by atoms with Crippen molar-refractivity contribution in [2.45, 2.75) is 26.0 Å². The van der Waals surface area contributed by atoms with Crippen LogP contribution in [-0.4, -0.2) is 23.3 Å². The van der Waals surface area contributed by atoms with Gasteiger partial charge in [0.15, 0.2) is 0 Å². The minimum Gasteiger partial charge on any atom is -0.497 e. The van der Waals surface area contributed by atoms with Crippen LogP contribution in [0.25, 0.3) is 10.9 Å². The molecule has 2 aromatic rings. The molecule has 3 N–H and O–H groups in total. The zero-order valence-corrected chi connectivity index (χ0v) is 10.9. The molecule has 1 aromatic carbocycles. The predicted octanol–water partition coefficient (Wildman–Crippen LogP) is 2.05. The molecule has 0 bridgehead atoms. The van der Waals surface area contributed by atoms with Crippen LogP contribution in [0.15, 0.2) is 24.4 Å². The van der Waals surface area contributed by atoms with Crippen molar-refractivity contribution in [1.29, 1.82) is 0 Å². The summed E-state index contributed by atoms with van der Waals surface area (Å²) in [5.41, 5.74) is 7.59. The molecular weight excluding hydrogens is 228 g/mol. The van der Waals surface area contributed by atoms with E-state index in [1.807, 2.05) is 24.4 Å². The number of aliphatic hydroxyl groups is 1. The van der Waals surface area contributed by atoms with Crippen LogP contribution in [-0.2, 0) is 6.54 Å². The maximum Gasteiger partial charge on any atom is 0.119 e. The second-order valence-electron chi connectivity index (χ2n) is 4.48. The normalized spacial score (nSPS) is 12.9. The van der Waals surface area contributed by atoms with Crippen LogP contribution in [0.2, 0.25) is 0 Å². The Morgan fingerprint density at radius 2 is 2.22 bits per heavy atom. The predicted molar refractivity (Wildman–Crippen MR) is 72.8 cm³/mol. The second kappa shape index (κ2) is 5.42. The van der Waals surface area contributed by atoms with Crippen molar-refractivity contribution in [1.82, 2.24) is 4.57 Å². The van der Waals surface area contributed by atoms with E-state index in [0.29, 0.717) is 6.54 Å². The zero-order valence-electron chi connectivity index (χ0n) is 10.9. The van der Waals surface area contributed by atoms with E-state index in [9.17, 15) is 5.11 Å². The second-order valence-corrected chi connectivity index (χ2v) is 4.48. The third-order valence-corrected chi connectivity index (χ3v) is 3.17. The van der Waals surface area contributed by atoms with Crippen LogP contribution in [0.4, 0.5) is 0 Å². The lowest BCUT2D eigenvalue weighted by atomic mass is 10.1. The Hall–Kier alpha value is -1.52. The van der Waals surface area contributed by atoms with Crippen molar-refractivity contribution in [2.24, 2.45) is 5.73 Å². The summed E-state index contributed by atoms with van der Waals surface area (Å²) in [7, 11) is 1.65. The number of benzene rings is 1. The molecule has 0 aliphatic carbocycles. The number of fused-ring (bicyclic) bond motifs is 1. The number of aryl methyl sites for hydroxylation is 1. The van der Waals surface area contributed by atoms with E-state index in [0.717, 1.165) is 35.2 Å². The lowest BCUT2D eigenvalue weighted by molar-refractivity contribution is 0.200. The van der Waals surface area contributed by atoms with Gasteiger partial charge in [-0.15, -0.1) is 0 Å². The zero-order chi connectivity index (χ0) is 13.1. The number of rotatable bonds is 5. The minimum atomic E-state index is -0.487. The highest BCUT2D eigenvalue weighted by Gasteiger charge is 2.12. The highest BCUT2D eigenvalue weighted by molar-refractivity contribution is 5.85. The molecule has 1 aromatic heterocycles. The highest BCUT2D eigenvalue weighted by Crippen LogP contribution is 2.29. The van der Waals surface area contributed by atoms with Crippen LogP contribution in [0.5, 0.6) is 5.75 Å². The molecule has 98 valence electrons. The van der Waals surface area contributed by atoms with Gasteiger partial charge in [-0.2, -0.15) is 0 Å². The summed E-state index contributed by atoms with van der Waals surface area (Å²) >= 11 is 0. The molecular formula is C14H20N2O2. The van der Waals surface area contributed by atoms with E-state index in [-0.39, 0.29) is 0 Å². The number of methoxy groups -OCH3 is 1. The summed E-state index contributed by atoms with van der Waals surface area (Å²) in [5, 5.41) is 10.9. The molecule has 0 aliphatic rings. The van der Waals surface area contributed by atoms with Gasteiger partial charge in [0.2, 0.25) is 0 Å². The number of aromatic nitrogens is 1. The number of hydrogen-bond donors (Lipinski definition) is 2. The van der Waals surface area contributed by atoms with Gasteiger partial charge < -0.3 is 20.1 Å². The van der Waals surface area contributed by atoms with Crippen LogP contribution in [0, 0.1) is 0 Å². The van der Waals surface area contributed by atoms with Crippen LogP contribution < -0.4 is 10.5 Å². The highest BCUT2D eigenvalue weighted by atomic mass is 16.5. The van der Waals surface area contributed by atoms with Gasteiger partial charge in [0.1, 0.15) is 5.75 Å². The Bertz CT molecular complexity index is 532. The summed E-state index contributed by atoms with van der Waals surface area (Å²) in [6.45, 7) is 3.31. The lowest BCUT2D eigenvalue weighted by Gasteiger charge is -2.05. The molecule has 0 saturated carbocycles. The Morgan fingerprint density at radius 3 is 2.83 bits per heavy atom. The number of hydrogen-bond acceptors (Lipinski definition) is 3. The molecule has 0 radical (unpaired) electrons. The number of nitrogens with two attached hydrogens (primary N) is 1. The minimum absolute atomic E-state index is 0.487. The SMILES string of the molecule is COc1ccc2c(c1)c(C(C)O)cn2CCCN. The van der Waals surface area contributed by atoms with Gasteiger partial charge in [-0.25, -0.2) is 0 Å². The van der Waals surface area contributed by atoms with Gasteiger partial charge in [0.05, 0.1) is 13.2 Å². The largest absolute Gasteiger partial charge is 0.497 e. The first-order chi connectivity index (χ1) is 8.67. The summed E-state index contributed by atoms with van der Waals surface area (Å²) in [6, 6.07) is 5.93. The summed E-state index contributed by atoms with van der Waals surface area (Å²) in [6.07, 6.45) is 2.44. The first-order valence-electron chi connectivity index (χ1n) is 6.22. The fraction of sp³-hybridized carbons (Fsp3) is 0.429. The van der Waals surface area contributed by atoms with E-state index in [1.54, 1.807) is 14.0 Å². The lowest BCUT2D eigenvalue weighted by Crippen LogP contribution is -2.04. The Labute approximate surface area is 107 Å². The Balaban J connectivity index is 2.53. The summed E-state index contributed by atoms with van der Waals surface area (Å²) < 4.78 is 7.38. The standard InChI is InChI=1S/C14H20N2O2/c1-10(17)13-9-16(7-3-6-15)14-5-4-11(18-2)8-12(13)14/h4-5,8-10,17H,3,6-7,15H2,1-2H3. The molecule has 1 unspecified atom stereocenters. The number of aliphatic hydroxyl groups excluding tert-OH is 1. The maximum absolute atomic E-state index is 9.85. The number of nitrogens with zero attached hydrogens (tertiary/aromatic N) is 1. The molecule has 0 fully saturated rings. The van der Waals surface area contributed by atoms with Gasteiger partial charge in [0.25, 0.3) is 0 Å². The average Bonchev–Trinajstić information content (AvgIpc) is 2.74. The smallest absolute Gasteiger partial charge is 0.119 e. The van der Waals surface area contributed by atoms with Gasteiger partial charge in [0, 0.05) is 29.2 Å². The van der Waals surface area contributed by atoms with E-state index < -0.39 is 6.10 Å². The monoisotopic (exact) mass is 248 g/mol. The van der Waals surface area contributed by atoms with E-state index in [2.05, 4.69) is 4.57 Å². The molecule has 0 aliphatic heterocycles. The molecule has 1 atom stereocenters. The van der Waals surface area contributed by atoms with E-state index in [4.69, 9.17) is 10.5 Å². The van der Waals surface area contributed by atoms with Gasteiger partial charge in [-0.1, -0.05) is 0 Å². The van der Waals surface area contributed by atoms with Gasteiger partial charge >= 0.3 is 0 Å². The van der Waals surface area contributed by atoms with Crippen molar-refractivity contribution < 1.29 is 9.84 Å². The average molecular weight is 248 g/mol. The van der Waals surface area contributed by atoms with Crippen LogP contribution in [0.1, 0.15) is 25.0 Å².